The molecule has 1 saturated heterocycles. The fourth-order valence-electron chi connectivity index (χ4n) is 4.06. The zero-order valence-corrected chi connectivity index (χ0v) is 19.9. The molecule has 2 unspecified atom stereocenters. The van der Waals surface area contributed by atoms with E-state index in [-0.39, 0.29) is 33.8 Å². The molecule has 0 spiro atoms. The van der Waals surface area contributed by atoms with Gasteiger partial charge in [-0.3, -0.25) is 14.4 Å². The third-order valence-electron chi connectivity index (χ3n) is 5.64. The number of ether oxygens (including phenoxy) is 4. The largest absolute Gasteiger partial charge is 0.508 e. The smallest absolute Gasteiger partial charge is 0.303 e. The van der Waals surface area contributed by atoms with Crippen molar-refractivity contribution >= 4 is 22.9 Å². The highest BCUT2D eigenvalue weighted by Crippen LogP contribution is 2.38. The van der Waals surface area contributed by atoms with Gasteiger partial charge in [0.2, 0.25) is 17.5 Å². The number of benzene rings is 2. The first-order valence-corrected chi connectivity index (χ1v) is 11.1. The summed E-state index contributed by atoms with van der Waals surface area (Å²) in [7, 11) is 0. The summed E-state index contributed by atoms with van der Waals surface area (Å²) in [6.07, 6.45) is -6.86. The summed E-state index contributed by atoms with van der Waals surface area (Å²) in [5.41, 5.74) is -0.764. The van der Waals surface area contributed by atoms with E-state index in [4.69, 9.17) is 23.4 Å². The van der Waals surface area contributed by atoms with Gasteiger partial charge in [0, 0.05) is 31.5 Å². The van der Waals surface area contributed by atoms with Gasteiger partial charge in [0.25, 0.3) is 0 Å². The van der Waals surface area contributed by atoms with Crippen molar-refractivity contribution in [2.45, 2.75) is 51.5 Å². The molecule has 1 fully saturated rings. The lowest BCUT2D eigenvalue weighted by molar-refractivity contribution is -0.277. The first-order valence-electron chi connectivity index (χ1n) is 11.1. The SMILES string of the molecule is CC(=O)OC1[C@H](C)OC(Oc2c(-c3ccc(O)cc3)oc3cc(O)cc(O)c3c2=O)[C@H](OC(C)=O)[C@@H]1O. The lowest BCUT2D eigenvalue weighted by Crippen LogP contribution is -2.60. The van der Waals surface area contributed by atoms with Gasteiger partial charge in [-0.25, -0.2) is 0 Å². The number of hydrogen-bond donors (Lipinski definition) is 4. The average Bonchev–Trinajstić information content (AvgIpc) is 2.80. The van der Waals surface area contributed by atoms with Gasteiger partial charge < -0.3 is 43.8 Å². The van der Waals surface area contributed by atoms with E-state index < -0.39 is 59.6 Å². The van der Waals surface area contributed by atoms with Crippen molar-refractivity contribution in [3.63, 3.8) is 0 Å². The number of phenolic OH excluding ortho intramolecular Hbond substituents is 3. The number of carbonyl (C=O) groups excluding carboxylic acids is 2. The van der Waals surface area contributed by atoms with E-state index in [9.17, 15) is 34.8 Å². The average molecular weight is 516 g/mol. The highest BCUT2D eigenvalue weighted by Gasteiger charge is 2.49. The second-order valence-corrected chi connectivity index (χ2v) is 8.44. The lowest BCUT2D eigenvalue weighted by Gasteiger charge is -2.41. The Hall–Kier alpha value is -4.29. The number of rotatable bonds is 5. The molecule has 0 saturated carbocycles. The van der Waals surface area contributed by atoms with Crippen molar-refractivity contribution in [1.82, 2.24) is 0 Å². The maximum absolute atomic E-state index is 13.5. The number of aliphatic hydroxyl groups excluding tert-OH is 1. The molecule has 37 heavy (non-hydrogen) atoms. The van der Waals surface area contributed by atoms with E-state index in [2.05, 4.69) is 0 Å². The van der Waals surface area contributed by atoms with Crippen LogP contribution in [0.2, 0.25) is 0 Å². The molecule has 1 aromatic heterocycles. The zero-order chi connectivity index (χ0) is 27.0. The molecule has 0 bridgehead atoms. The van der Waals surface area contributed by atoms with Gasteiger partial charge in [-0.05, 0) is 31.2 Å². The molecule has 12 heteroatoms. The summed E-state index contributed by atoms with van der Waals surface area (Å²) in [5, 5.41) is 40.4. The third-order valence-corrected chi connectivity index (χ3v) is 5.64. The summed E-state index contributed by atoms with van der Waals surface area (Å²) >= 11 is 0. The molecule has 12 nitrogen and oxygen atoms in total. The Kier molecular flexibility index (Phi) is 6.96. The van der Waals surface area contributed by atoms with Gasteiger partial charge in [0.1, 0.15) is 34.3 Å². The van der Waals surface area contributed by atoms with Crippen molar-refractivity contribution in [3.05, 3.63) is 46.6 Å². The van der Waals surface area contributed by atoms with Crippen LogP contribution in [0.5, 0.6) is 23.0 Å². The maximum atomic E-state index is 13.5. The standard InChI is InChI=1S/C25H24O12/c1-10-21(34-11(2)26)20(32)24(35-12(3)27)25(33-10)37-23-19(31)18-16(30)8-15(29)9-17(18)36-22(23)13-4-6-14(28)7-5-13/h4-10,20-21,24-25,28-30,32H,1-3H3/t10-,20+,21?,24+,25?/m0/s1. The highest BCUT2D eigenvalue weighted by molar-refractivity contribution is 5.88. The van der Waals surface area contributed by atoms with Crippen LogP contribution in [0.25, 0.3) is 22.3 Å². The van der Waals surface area contributed by atoms with Gasteiger partial charge in [-0.1, -0.05) is 0 Å². The van der Waals surface area contributed by atoms with Gasteiger partial charge >= 0.3 is 11.9 Å². The Morgan fingerprint density at radius 1 is 0.919 bits per heavy atom. The lowest BCUT2D eigenvalue weighted by atomic mass is 9.99. The normalized spacial score (nSPS) is 23.4. The number of esters is 2. The van der Waals surface area contributed by atoms with Crippen molar-refractivity contribution in [2.75, 3.05) is 0 Å². The number of carbonyl (C=O) groups is 2. The predicted molar refractivity (Wildman–Crippen MR) is 125 cm³/mol. The molecule has 1 aliphatic heterocycles. The number of fused-ring (bicyclic) bond motifs is 1. The molecule has 2 aromatic carbocycles. The second kappa shape index (κ2) is 9.99. The molecule has 0 radical (unpaired) electrons. The van der Waals surface area contributed by atoms with Crippen LogP contribution in [-0.4, -0.2) is 63.1 Å². The van der Waals surface area contributed by atoms with E-state index in [1.807, 2.05) is 0 Å². The molecule has 5 atom stereocenters. The number of hydrogen-bond acceptors (Lipinski definition) is 12. The molecule has 0 amide bonds. The molecular formula is C25H24O12. The number of aromatic hydroxyl groups is 3. The van der Waals surface area contributed by atoms with Crippen LogP contribution >= 0.6 is 0 Å². The van der Waals surface area contributed by atoms with Gasteiger partial charge in [-0.2, -0.15) is 0 Å². The molecule has 2 heterocycles. The third kappa shape index (κ3) is 5.15. The number of aliphatic hydroxyl groups is 1. The molecule has 196 valence electrons. The molecule has 3 aromatic rings. The van der Waals surface area contributed by atoms with Crippen LogP contribution in [0.15, 0.2) is 45.6 Å². The number of phenols is 3. The molecular weight excluding hydrogens is 492 g/mol. The van der Waals surface area contributed by atoms with E-state index >= 15 is 0 Å². The van der Waals surface area contributed by atoms with Gasteiger partial charge in [0.05, 0.1) is 6.10 Å². The van der Waals surface area contributed by atoms with E-state index in [0.29, 0.717) is 0 Å². The Morgan fingerprint density at radius 2 is 1.54 bits per heavy atom. The molecule has 4 rings (SSSR count). The Morgan fingerprint density at radius 3 is 2.16 bits per heavy atom. The Labute approximate surface area is 209 Å². The summed E-state index contributed by atoms with van der Waals surface area (Å²) in [4.78, 5) is 36.8. The van der Waals surface area contributed by atoms with Gasteiger partial charge in [0.15, 0.2) is 18.0 Å². The van der Waals surface area contributed by atoms with Crippen LogP contribution in [0, 0.1) is 0 Å². The molecule has 4 N–H and O–H groups in total. The second-order valence-electron chi connectivity index (χ2n) is 8.44. The predicted octanol–water partition coefficient (Wildman–Crippen LogP) is 1.92. The first kappa shape index (κ1) is 25.8. The summed E-state index contributed by atoms with van der Waals surface area (Å²) in [6.45, 7) is 3.70. The van der Waals surface area contributed by atoms with Gasteiger partial charge in [-0.15, -0.1) is 0 Å². The summed E-state index contributed by atoms with van der Waals surface area (Å²) < 4.78 is 27.8. The highest BCUT2D eigenvalue weighted by atomic mass is 16.7. The van der Waals surface area contributed by atoms with Crippen LogP contribution in [-0.2, 0) is 23.8 Å². The fourth-order valence-corrected chi connectivity index (χ4v) is 4.06. The van der Waals surface area contributed by atoms with Crippen LogP contribution in [0.4, 0.5) is 0 Å². The van der Waals surface area contributed by atoms with Crippen LogP contribution < -0.4 is 10.2 Å². The van der Waals surface area contributed by atoms with E-state index in [0.717, 1.165) is 26.0 Å². The van der Waals surface area contributed by atoms with Crippen molar-refractivity contribution < 1.29 is 53.4 Å². The summed E-state index contributed by atoms with van der Waals surface area (Å²) in [5.74, 6) is -3.18. The fraction of sp³-hybridized carbons (Fsp3) is 0.320. The quantitative estimate of drug-likeness (QED) is 0.362. The van der Waals surface area contributed by atoms with Crippen molar-refractivity contribution in [3.8, 4) is 34.3 Å². The van der Waals surface area contributed by atoms with E-state index in [1.54, 1.807) is 0 Å². The first-order chi connectivity index (χ1) is 17.5. The molecule has 0 aliphatic carbocycles. The van der Waals surface area contributed by atoms with Crippen molar-refractivity contribution in [2.24, 2.45) is 0 Å². The van der Waals surface area contributed by atoms with Crippen LogP contribution in [0.1, 0.15) is 20.8 Å². The maximum Gasteiger partial charge on any atom is 0.303 e. The topological polar surface area (TPSA) is 182 Å². The Bertz CT molecular complexity index is 1390. The molecule has 1 aliphatic rings. The van der Waals surface area contributed by atoms with Crippen molar-refractivity contribution in [1.29, 1.82) is 0 Å². The van der Waals surface area contributed by atoms with Crippen LogP contribution in [0.3, 0.4) is 0 Å². The zero-order valence-electron chi connectivity index (χ0n) is 19.9. The minimum atomic E-state index is -1.59. The van der Waals surface area contributed by atoms with E-state index in [1.165, 1.54) is 31.2 Å². The summed E-state index contributed by atoms with van der Waals surface area (Å²) in [6, 6.07) is 7.58. The monoisotopic (exact) mass is 516 g/mol. The minimum Gasteiger partial charge on any atom is -0.508 e. The Balaban J connectivity index is 1.86. The minimum absolute atomic E-state index is 0.0661.